The molecule has 17 heteroatoms. The van der Waals surface area contributed by atoms with Crippen LogP contribution in [0.1, 0.15) is 153 Å². The lowest BCUT2D eigenvalue weighted by Crippen LogP contribution is -2.57. The minimum absolute atomic E-state index is 0. The van der Waals surface area contributed by atoms with E-state index in [1.165, 1.54) is 0 Å². The van der Waals surface area contributed by atoms with Gasteiger partial charge in [0.05, 0.1) is 13.0 Å². The fourth-order valence-corrected chi connectivity index (χ4v) is 9.24. The Labute approximate surface area is 425 Å². The first-order valence-electron chi connectivity index (χ1n) is 25.7. The first-order valence-corrected chi connectivity index (χ1v) is 25.7. The molecular formula is C55H81N7O10. The van der Waals surface area contributed by atoms with Crippen LogP contribution in [0.15, 0.2) is 72.8 Å². The molecule has 0 unspecified atom stereocenters. The van der Waals surface area contributed by atoms with Gasteiger partial charge in [0, 0.05) is 25.7 Å². The Balaban J connectivity index is 0.0000137. The van der Waals surface area contributed by atoms with Crippen LogP contribution in [0.3, 0.4) is 0 Å². The number of amides is 7. The zero-order chi connectivity index (χ0) is 51.4. The summed E-state index contributed by atoms with van der Waals surface area (Å²) in [5, 5.41) is 34.9. The van der Waals surface area contributed by atoms with E-state index < -0.39 is 84.6 Å². The van der Waals surface area contributed by atoms with Crippen LogP contribution in [0.2, 0.25) is 0 Å². The number of carboxylic acids is 1. The van der Waals surface area contributed by atoms with Crippen molar-refractivity contribution in [2.45, 2.75) is 185 Å². The number of benzene rings is 3. The smallest absolute Gasteiger partial charge is 0.326 e. The zero-order valence-electron chi connectivity index (χ0n) is 41.2. The predicted molar refractivity (Wildman–Crippen MR) is 278 cm³/mol. The molecular weight excluding hydrogens is 919 g/mol. The molecule has 0 saturated heterocycles. The molecule has 1 aliphatic rings. The summed E-state index contributed by atoms with van der Waals surface area (Å²) in [4.78, 5) is 102. The number of aliphatic hydroxyl groups is 1. The molecule has 3 aromatic carbocycles. The summed E-state index contributed by atoms with van der Waals surface area (Å²) >= 11 is 0. The monoisotopic (exact) mass is 1000 g/mol. The van der Waals surface area contributed by atoms with Gasteiger partial charge < -0.3 is 48.3 Å². The number of hydrogen-bond donors (Lipinski definition) is 9. The third-order valence-electron chi connectivity index (χ3n) is 13.2. The normalized spacial score (nSPS) is 14.6. The Morgan fingerprint density at radius 2 is 1.01 bits per heavy atom. The Hall–Kier alpha value is -6.36. The van der Waals surface area contributed by atoms with Gasteiger partial charge in [-0.25, -0.2) is 4.79 Å². The molecule has 0 radical (unpaired) electrons. The second-order valence-electron chi connectivity index (χ2n) is 19.0. The summed E-state index contributed by atoms with van der Waals surface area (Å²) in [6.07, 6.45) is 16.6. The number of aliphatic hydroxyl groups excluding tert-OH is 1. The fraction of sp³-hybridized carbons (Fsp3) is 0.564. The van der Waals surface area contributed by atoms with Gasteiger partial charge in [0.25, 0.3) is 0 Å². The molecule has 1 saturated carbocycles. The molecule has 0 aromatic heterocycles. The third-order valence-corrected chi connectivity index (χ3v) is 13.2. The molecule has 1 fully saturated rings. The van der Waals surface area contributed by atoms with Crippen molar-refractivity contribution >= 4 is 58.1 Å². The maximum Gasteiger partial charge on any atom is 0.326 e. The van der Waals surface area contributed by atoms with E-state index in [0.717, 1.165) is 118 Å². The van der Waals surface area contributed by atoms with Crippen molar-refractivity contribution in [3.05, 3.63) is 83.9 Å². The number of carbonyl (C=O) groups is 8. The lowest BCUT2D eigenvalue weighted by atomic mass is 9.84. The minimum atomic E-state index is -1.30. The van der Waals surface area contributed by atoms with E-state index in [0.29, 0.717) is 19.3 Å². The van der Waals surface area contributed by atoms with Gasteiger partial charge >= 0.3 is 5.97 Å². The summed E-state index contributed by atoms with van der Waals surface area (Å²) in [5.41, 5.74) is 12.6. The Morgan fingerprint density at radius 3 is 1.57 bits per heavy atom. The number of nitrogens with two attached hydrogens (primary N) is 2. The van der Waals surface area contributed by atoms with E-state index >= 15 is 0 Å². The number of primary amides is 2. The highest BCUT2D eigenvalue weighted by atomic mass is 16.4. The van der Waals surface area contributed by atoms with Gasteiger partial charge in [-0.1, -0.05) is 177 Å². The van der Waals surface area contributed by atoms with Crippen LogP contribution in [0.25, 0.3) is 10.8 Å². The highest BCUT2D eigenvalue weighted by Gasteiger charge is 2.32. The number of nitrogens with one attached hydrogen (secondary N) is 5. The Bertz CT molecular complexity index is 2180. The van der Waals surface area contributed by atoms with Crippen LogP contribution in [-0.4, -0.2) is 94.3 Å². The fourth-order valence-electron chi connectivity index (χ4n) is 9.24. The van der Waals surface area contributed by atoms with E-state index in [2.05, 4.69) is 26.6 Å². The maximum atomic E-state index is 13.6. The van der Waals surface area contributed by atoms with Crippen molar-refractivity contribution in [3.8, 4) is 0 Å². The summed E-state index contributed by atoms with van der Waals surface area (Å²) in [5.74, 6) is -5.31. The van der Waals surface area contributed by atoms with E-state index in [-0.39, 0.29) is 44.9 Å². The molecule has 0 heterocycles. The lowest BCUT2D eigenvalue weighted by molar-refractivity contribution is -0.142. The highest BCUT2D eigenvalue weighted by Crippen LogP contribution is 2.28. The zero-order valence-corrected chi connectivity index (χ0v) is 41.2. The number of unbranched alkanes of at least 4 members (excludes halogenated alkanes) is 11. The third kappa shape index (κ3) is 22.4. The molecule has 3 aromatic rings. The van der Waals surface area contributed by atoms with Gasteiger partial charge in [0.2, 0.25) is 41.4 Å². The van der Waals surface area contributed by atoms with Crippen molar-refractivity contribution in [2.75, 3.05) is 6.61 Å². The molecule has 0 spiro atoms. The predicted octanol–water partition coefficient (Wildman–Crippen LogP) is 5.55. The molecule has 4 rings (SSSR count). The molecule has 7 amide bonds. The van der Waals surface area contributed by atoms with E-state index in [1.807, 2.05) is 66.7 Å². The van der Waals surface area contributed by atoms with Crippen molar-refractivity contribution < 1.29 is 48.6 Å². The van der Waals surface area contributed by atoms with Gasteiger partial charge in [-0.2, -0.15) is 0 Å². The highest BCUT2D eigenvalue weighted by molar-refractivity contribution is 5.95. The minimum Gasteiger partial charge on any atom is -0.480 e. The summed E-state index contributed by atoms with van der Waals surface area (Å²) < 4.78 is 0. The van der Waals surface area contributed by atoms with E-state index in [1.54, 1.807) is 6.07 Å². The molecule has 396 valence electrons. The van der Waals surface area contributed by atoms with E-state index in [9.17, 15) is 48.6 Å². The van der Waals surface area contributed by atoms with Gasteiger partial charge in [0.1, 0.15) is 30.2 Å². The SMILES string of the molecule is C.NC(=O)C[C@H](NC(=O)CCCCCCCCCCCCCCC(=O)N[C@@H](CO)C(=O)N[C@@H](CC1CCCCC1)C(=O)N[C@@H](Cc1ccccc1)C(N)=O)C(=O)N[C@@H](Cc1cccc2ccccc12)C(=O)O. The van der Waals surface area contributed by atoms with Crippen molar-refractivity contribution in [1.82, 2.24) is 26.6 Å². The number of hydrogen-bond acceptors (Lipinski definition) is 9. The molecule has 0 aliphatic heterocycles. The Kier molecular flexibility index (Phi) is 27.7. The van der Waals surface area contributed by atoms with E-state index in [4.69, 9.17) is 11.5 Å². The molecule has 11 N–H and O–H groups in total. The van der Waals surface area contributed by atoms with Crippen molar-refractivity contribution in [3.63, 3.8) is 0 Å². The number of carbonyl (C=O) groups excluding carboxylic acids is 7. The van der Waals surface area contributed by atoms with Gasteiger partial charge in [-0.3, -0.25) is 33.6 Å². The van der Waals surface area contributed by atoms with Crippen LogP contribution >= 0.6 is 0 Å². The molecule has 17 nitrogen and oxygen atoms in total. The number of rotatable bonds is 34. The second kappa shape index (κ2) is 33.3. The molecule has 0 bridgehead atoms. The molecule has 72 heavy (non-hydrogen) atoms. The topological polar surface area (TPSA) is 289 Å². The lowest BCUT2D eigenvalue weighted by Gasteiger charge is -2.29. The van der Waals surface area contributed by atoms with Crippen LogP contribution in [0, 0.1) is 5.92 Å². The largest absolute Gasteiger partial charge is 0.480 e. The average molecular weight is 1000 g/mol. The number of carboxylic acid groups (broad SMARTS) is 1. The Morgan fingerprint density at radius 1 is 0.528 bits per heavy atom. The van der Waals surface area contributed by atoms with Crippen molar-refractivity contribution in [2.24, 2.45) is 17.4 Å². The van der Waals surface area contributed by atoms with Gasteiger partial charge in [-0.15, -0.1) is 0 Å². The van der Waals surface area contributed by atoms with Crippen LogP contribution in [0.4, 0.5) is 0 Å². The maximum absolute atomic E-state index is 13.6. The second-order valence-corrected chi connectivity index (χ2v) is 19.0. The molecule has 5 atom stereocenters. The van der Waals surface area contributed by atoms with Crippen LogP contribution < -0.4 is 38.1 Å². The standard InChI is InChI=1S/C54H77N7O10.CH4/c55-47(63)35-44(52(68)61-45(54(70)71)34-40-28-21-27-39-26-19-20-29-41(39)40)57-48(64)30-17-9-7-5-3-1-2-4-6-8-10-18-31-49(65)58-46(36-62)53(69)60-43(33-38-24-15-12-16-25-38)51(67)59-42(50(56)66)32-37-22-13-11-14-23-37;/h11,13-14,19-23,26-29,38,42-46,62H,1-10,12,15-18,24-25,30-36H2,(H2,55,63)(H2,56,66)(H,57,64)(H,58,65)(H,59,67)(H,60,69)(H,61,68)(H,70,71);1H4/t42-,43-,44-,45-,46-;/m0./s1. The van der Waals surface area contributed by atoms with Gasteiger partial charge in [0.15, 0.2) is 0 Å². The first kappa shape index (κ1) is 59.9. The number of fused-ring (bicyclic) bond motifs is 1. The quantitative estimate of drug-likeness (QED) is 0.0336. The van der Waals surface area contributed by atoms with Gasteiger partial charge in [-0.05, 0) is 47.1 Å². The number of aliphatic carboxylic acids is 1. The average Bonchev–Trinajstić information content (AvgIpc) is 3.35. The molecule has 1 aliphatic carbocycles. The summed E-state index contributed by atoms with van der Waals surface area (Å²) in [7, 11) is 0. The first-order chi connectivity index (χ1) is 34.2. The van der Waals surface area contributed by atoms with Crippen LogP contribution in [0.5, 0.6) is 0 Å². The van der Waals surface area contributed by atoms with Crippen LogP contribution in [-0.2, 0) is 51.2 Å². The summed E-state index contributed by atoms with van der Waals surface area (Å²) in [6, 6.07) is 16.4. The summed E-state index contributed by atoms with van der Waals surface area (Å²) in [6.45, 7) is -0.639. The van der Waals surface area contributed by atoms with Crippen molar-refractivity contribution in [1.29, 1.82) is 0 Å².